The molecule has 0 aromatic carbocycles. The molecule has 2 aliphatic rings. The van der Waals surface area contributed by atoms with Gasteiger partial charge in [-0.2, -0.15) is 0 Å². The second-order valence-corrected chi connectivity index (χ2v) is 5.96. The number of nitrogens with one attached hydrogen (secondary N) is 1. The third-order valence-electron chi connectivity index (χ3n) is 4.47. The second kappa shape index (κ2) is 5.12. The van der Waals surface area contributed by atoms with Crippen LogP contribution < -0.4 is 5.32 Å². The SMILES string of the molecule is COCCC(C)N1C(=O)C(C)NC(=O)C1(C)C1CC1. The van der Waals surface area contributed by atoms with Crippen LogP contribution in [0.5, 0.6) is 0 Å². The van der Waals surface area contributed by atoms with Gasteiger partial charge in [-0.25, -0.2) is 0 Å². The van der Waals surface area contributed by atoms with Gasteiger partial charge in [-0.05, 0) is 46.0 Å². The van der Waals surface area contributed by atoms with E-state index in [0.29, 0.717) is 12.5 Å². The summed E-state index contributed by atoms with van der Waals surface area (Å²) in [5, 5.41) is 2.82. The number of ether oxygens (including phenoxy) is 1. The summed E-state index contributed by atoms with van der Waals surface area (Å²) in [5.41, 5.74) is -0.684. The van der Waals surface area contributed by atoms with Crippen LogP contribution in [0.3, 0.4) is 0 Å². The van der Waals surface area contributed by atoms with Crippen molar-refractivity contribution in [2.45, 2.75) is 57.7 Å². The van der Waals surface area contributed by atoms with E-state index in [1.165, 1.54) is 0 Å². The fourth-order valence-corrected chi connectivity index (χ4v) is 3.07. The van der Waals surface area contributed by atoms with Crippen molar-refractivity contribution in [1.82, 2.24) is 10.2 Å². The molecule has 1 saturated heterocycles. The number of amides is 2. The molecular weight excluding hydrogens is 244 g/mol. The van der Waals surface area contributed by atoms with Gasteiger partial charge in [0.2, 0.25) is 11.8 Å². The van der Waals surface area contributed by atoms with E-state index in [-0.39, 0.29) is 17.9 Å². The lowest BCUT2D eigenvalue weighted by Gasteiger charge is -2.49. The molecule has 5 nitrogen and oxygen atoms in total. The predicted molar refractivity (Wildman–Crippen MR) is 71.5 cm³/mol. The average molecular weight is 268 g/mol. The van der Waals surface area contributed by atoms with Crippen LogP contribution in [0.1, 0.15) is 40.0 Å². The van der Waals surface area contributed by atoms with Crippen LogP contribution in [0.25, 0.3) is 0 Å². The Labute approximate surface area is 114 Å². The summed E-state index contributed by atoms with van der Waals surface area (Å²) in [6.07, 6.45) is 2.81. The van der Waals surface area contributed by atoms with Gasteiger partial charge in [0.15, 0.2) is 0 Å². The Morgan fingerprint density at radius 3 is 2.63 bits per heavy atom. The van der Waals surface area contributed by atoms with E-state index in [4.69, 9.17) is 4.74 Å². The van der Waals surface area contributed by atoms with Crippen molar-refractivity contribution in [3.63, 3.8) is 0 Å². The number of carbonyl (C=O) groups is 2. The first-order valence-electron chi connectivity index (χ1n) is 7.06. The van der Waals surface area contributed by atoms with Gasteiger partial charge in [0.05, 0.1) is 0 Å². The maximum Gasteiger partial charge on any atom is 0.246 e. The van der Waals surface area contributed by atoms with Crippen molar-refractivity contribution >= 4 is 11.8 Å². The number of hydrogen-bond acceptors (Lipinski definition) is 3. The van der Waals surface area contributed by atoms with Crippen LogP contribution in [0.15, 0.2) is 0 Å². The van der Waals surface area contributed by atoms with Gasteiger partial charge in [0.1, 0.15) is 11.6 Å². The van der Waals surface area contributed by atoms with Gasteiger partial charge in [-0.15, -0.1) is 0 Å². The third kappa shape index (κ3) is 2.36. The average Bonchev–Trinajstić information content (AvgIpc) is 3.18. The summed E-state index contributed by atoms with van der Waals surface area (Å²) in [7, 11) is 1.65. The molecule has 2 rings (SSSR count). The fourth-order valence-electron chi connectivity index (χ4n) is 3.07. The van der Waals surface area contributed by atoms with Crippen LogP contribution in [0.2, 0.25) is 0 Å². The first-order valence-corrected chi connectivity index (χ1v) is 7.06. The molecule has 1 saturated carbocycles. The van der Waals surface area contributed by atoms with Gasteiger partial charge >= 0.3 is 0 Å². The molecule has 0 bridgehead atoms. The van der Waals surface area contributed by atoms with Crippen molar-refractivity contribution in [3.8, 4) is 0 Å². The fraction of sp³-hybridized carbons (Fsp3) is 0.857. The molecule has 108 valence electrons. The Hall–Kier alpha value is -1.10. The topological polar surface area (TPSA) is 58.6 Å². The van der Waals surface area contributed by atoms with Crippen LogP contribution in [-0.2, 0) is 14.3 Å². The number of nitrogens with zero attached hydrogens (tertiary/aromatic N) is 1. The zero-order valence-corrected chi connectivity index (χ0v) is 12.2. The van der Waals surface area contributed by atoms with E-state index in [1.807, 2.05) is 18.7 Å². The summed E-state index contributed by atoms with van der Waals surface area (Å²) in [5.74, 6) is 0.318. The molecule has 1 N–H and O–H groups in total. The molecule has 0 spiro atoms. The molecule has 0 aromatic rings. The van der Waals surface area contributed by atoms with Crippen LogP contribution >= 0.6 is 0 Å². The highest BCUT2D eigenvalue weighted by Crippen LogP contribution is 2.45. The van der Waals surface area contributed by atoms with Crippen LogP contribution in [0, 0.1) is 5.92 Å². The summed E-state index contributed by atoms with van der Waals surface area (Å²) in [6.45, 7) is 6.26. The minimum Gasteiger partial charge on any atom is -0.385 e. The van der Waals surface area contributed by atoms with E-state index in [0.717, 1.165) is 19.3 Å². The monoisotopic (exact) mass is 268 g/mol. The van der Waals surface area contributed by atoms with Gasteiger partial charge in [-0.3, -0.25) is 9.59 Å². The number of carbonyl (C=O) groups excluding carboxylic acids is 2. The van der Waals surface area contributed by atoms with Gasteiger partial charge in [-0.1, -0.05) is 0 Å². The first kappa shape index (κ1) is 14.3. The normalized spacial score (nSPS) is 33.3. The Bertz CT molecular complexity index is 381. The number of piperazine rings is 1. The summed E-state index contributed by atoms with van der Waals surface area (Å²) >= 11 is 0. The molecule has 19 heavy (non-hydrogen) atoms. The highest BCUT2D eigenvalue weighted by Gasteiger charge is 2.57. The molecule has 1 heterocycles. The second-order valence-electron chi connectivity index (χ2n) is 5.96. The van der Waals surface area contributed by atoms with Crippen molar-refractivity contribution < 1.29 is 14.3 Å². The van der Waals surface area contributed by atoms with E-state index >= 15 is 0 Å². The lowest BCUT2D eigenvalue weighted by molar-refractivity contribution is -0.161. The minimum absolute atomic E-state index is 0.00799. The van der Waals surface area contributed by atoms with E-state index < -0.39 is 11.6 Å². The van der Waals surface area contributed by atoms with E-state index in [1.54, 1.807) is 14.0 Å². The smallest absolute Gasteiger partial charge is 0.246 e. The molecule has 2 amide bonds. The van der Waals surface area contributed by atoms with Crippen molar-refractivity contribution in [3.05, 3.63) is 0 Å². The quantitative estimate of drug-likeness (QED) is 0.807. The zero-order chi connectivity index (χ0) is 14.2. The Balaban J connectivity index is 2.26. The van der Waals surface area contributed by atoms with Crippen molar-refractivity contribution in [2.75, 3.05) is 13.7 Å². The third-order valence-corrected chi connectivity index (χ3v) is 4.47. The Kier molecular flexibility index (Phi) is 3.85. The molecule has 1 aliphatic heterocycles. The molecule has 3 atom stereocenters. The Morgan fingerprint density at radius 1 is 1.47 bits per heavy atom. The van der Waals surface area contributed by atoms with E-state index in [2.05, 4.69) is 5.32 Å². The number of hydrogen-bond donors (Lipinski definition) is 1. The maximum absolute atomic E-state index is 12.5. The van der Waals surface area contributed by atoms with Gasteiger partial charge < -0.3 is 15.0 Å². The molecule has 5 heteroatoms. The van der Waals surface area contributed by atoms with E-state index in [9.17, 15) is 9.59 Å². The summed E-state index contributed by atoms with van der Waals surface area (Å²) in [4.78, 5) is 26.7. The van der Waals surface area contributed by atoms with Crippen LogP contribution in [-0.4, -0.2) is 48.1 Å². The van der Waals surface area contributed by atoms with Gasteiger partial charge in [0, 0.05) is 19.8 Å². The standard InChI is InChI=1S/C14H24N2O3/c1-9(7-8-19-4)16-12(17)10(2)15-13(18)14(16,3)11-5-6-11/h9-11H,5-8H2,1-4H3,(H,15,18). The summed E-state index contributed by atoms with van der Waals surface area (Å²) in [6, 6.07) is -0.407. The molecule has 1 aliphatic carbocycles. The minimum atomic E-state index is -0.684. The van der Waals surface area contributed by atoms with Crippen molar-refractivity contribution in [1.29, 1.82) is 0 Å². The van der Waals surface area contributed by atoms with Crippen molar-refractivity contribution in [2.24, 2.45) is 5.92 Å². The zero-order valence-electron chi connectivity index (χ0n) is 12.2. The highest BCUT2D eigenvalue weighted by atomic mass is 16.5. The molecular formula is C14H24N2O3. The van der Waals surface area contributed by atoms with Crippen LogP contribution in [0.4, 0.5) is 0 Å². The molecule has 2 fully saturated rings. The number of rotatable bonds is 5. The van der Waals surface area contributed by atoms with Gasteiger partial charge in [0.25, 0.3) is 0 Å². The lowest BCUT2D eigenvalue weighted by atomic mass is 9.86. The summed E-state index contributed by atoms with van der Waals surface area (Å²) < 4.78 is 5.10. The molecule has 3 unspecified atom stereocenters. The first-order chi connectivity index (χ1) is 8.92. The predicted octanol–water partition coefficient (Wildman–Crippen LogP) is 0.927. The number of methoxy groups -OCH3 is 1. The lowest BCUT2D eigenvalue weighted by Crippen LogP contribution is -2.71. The molecule has 0 aromatic heterocycles. The maximum atomic E-state index is 12.5. The Morgan fingerprint density at radius 2 is 2.11 bits per heavy atom. The highest BCUT2D eigenvalue weighted by molar-refractivity contribution is 6.00. The molecule has 0 radical (unpaired) electrons. The largest absolute Gasteiger partial charge is 0.385 e.